The van der Waals surface area contributed by atoms with Crippen molar-refractivity contribution in [2.45, 2.75) is 6.61 Å². The molecule has 0 spiro atoms. The first-order valence-electron chi connectivity index (χ1n) is 6.42. The highest BCUT2D eigenvalue weighted by atomic mass is 35.5. The predicted molar refractivity (Wildman–Crippen MR) is 81.8 cm³/mol. The lowest BCUT2D eigenvalue weighted by Crippen LogP contribution is -2.03. The van der Waals surface area contributed by atoms with Gasteiger partial charge in [-0.1, -0.05) is 23.7 Å². The minimum atomic E-state index is -0.666. The van der Waals surface area contributed by atoms with Crippen LogP contribution < -0.4 is 9.47 Å². The molecule has 6 heteroatoms. The van der Waals surface area contributed by atoms with Crippen LogP contribution in [0.2, 0.25) is 5.02 Å². The molecule has 0 heterocycles. The maximum atomic E-state index is 11.4. The van der Waals surface area contributed by atoms with E-state index in [9.17, 15) is 9.90 Å². The van der Waals surface area contributed by atoms with E-state index < -0.39 is 5.97 Å². The smallest absolute Gasteiger partial charge is 0.341 e. The molecule has 2 aromatic carbocycles. The molecule has 1 N–H and O–H groups in total. The summed E-state index contributed by atoms with van der Waals surface area (Å²) in [5.74, 6) is 0.00588. The quantitative estimate of drug-likeness (QED) is 0.854. The second-order valence-corrected chi connectivity index (χ2v) is 4.78. The van der Waals surface area contributed by atoms with Gasteiger partial charge in [-0.3, -0.25) is 0 Å². The second kappa shape index (κ2) is 7.04. The third-order valence-electron chi connectivity index (χ3n) is 3.04. The topological polar surface area (TPSA) is 65.0 Å². The van der Waals surface area contributed by atoms with Crippen LogP contribution in [0.3, 0.4) is 0 Å². The zero-order valence-electron chi connectivity index (χ0n) is 12.1. The Morgan fingerprint density at radius 1 is 1.14 bits per heavy atom. The summed E-state index contributed by atoms with van der Waals surface area (Å²) in [5, 5.41) is 9.89. The summed E-state index contributed by atoms with van der Waals surface area (Å²) < 4.78 is 15.2. The minimum Gasteiger partial charge on any atom is -0.505 e. The fourth-order valence-electron chi connectivity index (χ4n) is 1.82. The van der Waals surface area contributed by atoms with E-state index in [0.717, 1.165) is 11.3 Å². The van der Waals surface area contributed by atoms with Crippen molar-refractivity contribution >= 4 is 17.6 Å². The standard InChI is InChI=1S/C16H15ClO5/c1-20-11-5-3-10(4-6-11)9-22-13-8-7-12(16(19)21-2)15(18)14(13)17/h3-8,18H,9H2,1-2H3. The van der Waals surface area contributed by atoms with Gasteiger partial charge in [0.05, 0.1) is 14.2 Å². The first-order chi connectivity index (χ1) is 10.6. The molecule has 0 atom stereocenters. The van der Waals surface area contributed by atoms with Crippen LogP contribution in [0.1, 0.15) is 15.9 Å². The van der Waals surface area contributed by atoms with E-state index in [4.69, 9.17) is 21.1 Å². The molecule has 116 valence electrons. The van der Waals surface area contributed by atoms with E-state index in [2.05, 4.69) is 4.74 Å². The van der Waals surface area contributed by atoms with E-state index in [-0.39, 0.29) is 28.7 Å². The number of phenolic OH excluding ortho intramolecular Hbond substituents is 1. The van der Waals surface area contributed by atoms with E-state index in [1.807, 2.05) is 24.3 Å². The molecular weight excluding hydrogens is 308 g/mol. The van der Waals surface area contributed by atoms with Crippen molar-refractivity contribution < 1.29 is 24.1 Å². The number of aromatic hydroxyl groups is 1. The Labute approximate surface area is 133 Å². The average Bonchev–Trinajstić information content (AvgIpc) is 2.56. The zero-order valence-corrected chi connectivity index (χ0v) is 12.9. The number of rotatable bonds is 5. The van der Waals surface area contributed by atoms with Crippen molar-refractivity contribution in [3.05, 3.63) is 52.5 Å². The molecule has 0 aliphatic rings. The fraction of sp³-hybridized carbons (Fsp3) is 0.188. The minimum absolute atomic E-state index is 0.00991. The Morgan fingerprint density at radius 2 is 1.82 bits per heavy atom. The molecule has 0 aromatic heterocycles. The third kappa shape index (κ3) is 3.43. The number of benzene rings is 2. The van der Waals surface area contributed by atoms with Crippen LogP contribution in [0.5, 0.6) is 17.2 Å². The van der Waals surface area contributed by atoms with Gasteiger partial charge in [-0.05, 0) is 29.8 Å². The number of methoxy groups -OCH3 is 2. The Kier molecular flexibility index (Phi) is 5.12. The highest BCUT2D eigenvalue weighted by Crippen LogP contribution is 2.36. The Hall–Kier alpha value is -2.40. The second-order valence-electron chi connectivity index (χ2n) is 4.40. The van der Waals surface area contributed by atoms with Crippen molar-refractivity contribution in [1.82, 2.24) is 0 Å². The van der Waals surface area contributed by atoms with Crippen molar-refractivity contribution in [2.24, 2.45) is 0 Å². The highest BCUT2D eigenvalue weighted by Gasteiger charge is 2.17. The SMILES string of the molecule is COC(=O)c1ccc(OCc2ccc(OC)cc2)c(Cl)c1O. The predicted octanol–water partition coefficient (Wildman–Crippen LogP) is 3.42. The lowest BCUT2D eigenvalue weighted by atomic mass is 10.2. The average molecular weight is 323 g/mol. The monoisotopic (exact) mass is 322 g/mol. The Balaban J connectivity index is 2.12. The number of esters is 1. The van der Waals surface area contributed by atoms with E-state index >= 15 is 0 Å². The van der Waals surface area contributed by atoms with E-state index in [1.165, 1.54) is 19.2 Å². The Bertz CT molecular complexity index is 667. The van der Waals surface area contributed by atoms with E-state index in [0.29, 0.717) is 0 Å². The molecule has 2 aromatic rings. The third-order valence-corrected chi connectivity index (χ3v) is 3.40. The lowest BCUT2D eigenvalue weighted by Gasteiger charge is -2.11. The van der Waals surface area contributed by atoms with Gasteiger partial charge in [-0.15, -0.1) is 0 Å². The number of halogens is 1. The maximum Gasteiger partial charge on any atom is 0.341 e. The first kappa shape index (κ1) is 16.0. The molecular formula is C16H15ClO5. The summed E-state index contributed by atoms with van der Waals surface area (Å²) >= 11 is 6.01. The lowest BCUT2D eigenvalue weighted by molar-refractivity contribution is 0.0597. The molecule has 0 saturated carbocycles. The largest absolute Gasteiger partial charge is 0.505 e. The van der Waals surface area contributed by atoms with Gasteiger partial charge in [-0.2, -0.15) is 0 Å². The zero-order chi connectivity index (χ0) is 16.1. The number of hydrogen-bond acceptors (Lipinski definition) is 5. The van der Waals surface area contributed by atoms with Gasteiger partial charge in [-0.25, -0.2) is 4.79 Å². The van der Waals surface area contributed by atoms with Crippen LogP contribution in [0.25, 0.3) is 0 Å². The van der Waals surface area contributed by atoms with Gasteiger partial charge < -0.3 is 19.3 Å². The van der Waals surface area contributed by atoms with Gasteiger partial charge in [0.25, 0.3) is 0 Å². The van der Waals surface area contributed by atoms with Gasteiger partial charge in [0, 0.05) is 0 Å². The molecule has 0 unspecified atom stereocenters. The van der Waals surface area contributed by atoms with Crippen molar-refractivity contribution in [2.75, 3.05) is 14.2 Å². The van der Waals surface area contributed by atoms with Crippen LogP contribution in [-0.4, -0.2) is 25.3 Å². The number of phenols is 1. The first-order valence-corrected chi connectivity index (χ1v) is 6.80. The number of hydrogen-bond donors (Lipinski definition) is 1. The van der Waals surface area contributed by atoms with Gasteiger partial charge in [0.15, 0.2) is 5.75 Å². The summed E-state index contributed by atoms with van der Waals surface area (Å²) in [7, 11) is 2.82. The van der Waals surface area contributed by atoms with Gasteiger partial charge in [0.2, 0.25) is 0 Å². The number of carbonyl (C=O) groups is 1. The summed E-state index contributed by atoms with van der Waals surface area (Å²) in [5.41, 5.74) is 0.901. The van der Waals surface area contributed by atoms with Crippen LogP contribution in [0.15, 0.2) is 36.4 Å². The van der Waals surface area contributed by atoms with Gasteiger partial charge in [0.1, 0.15) is 28.7 Å². The molecule has 0 aliphatic carbocycles. The Morgan fingerprint density at radius 3 is 2.41 bits per heavy atom. The summed E-state index contributed by atoms with van der Waals surface area (Å²) in [4.78, 5) is 11.4. The van der Waals surface area contributed by atoms with Crippen molar-refractivity contribution in [3.8, 4) is 17.2 Å². The molecule has 0 radical (unpaired) electrons. The molecule has 0 saturated heterocycles. The number of carbonyl (C=O) groups excluding carboxylic acids is 1. The van der Waals surface area contributed by atoms with Crippen LogP contribution >= 0.6 is 11.6 Å². The molecule has 5 nitrogen and oxygen atoms in total. The van der Waals surface area contributed by atoms with E-state index in [1.54, 1.807) is 7.11 Å². The molecule has 0 aliphatic heterocycles. The fourth-order valence-corrected chi connectivity index (χ4v) is 2.03. The van der Waals surface area contributed by atoms with Crippen LogP contribution in [0.4, 0.5) is 0 Å². The summed E-state index contributed by atoms with van der Waals surface area (Å²) in [6.07, 6.45) is 0. The molecule has 0 fully saturated rings. The molecule has 2 rings (SSSR count). The molecule has 22 heavy (non-hydrogen) atoms. The molecule has 0 amide bonds. The number of ether oxygens (including phenoxy) is 3. The van der Waals surface area contributed by atoms with Gasteiger partial charge >= 0.3 is 5.97 Å². The van der Waals surface area contributed by atoms with Crippen LogP contribution in [-0.2, 0) is 11.3 Å². The van der Waals surface area contributed by atoms with Crippen molar-refractivity contribution in [3.63, 3.8) is 0 Å². The molecule has 0 bridgehead atoms. The normalized spacial score (nSPS) is 10.1. The summed E-state index contributed by atoms with van der Waals surface area (Å²) in [6, 6.07) is 10.3. The van der Waals surface area contributed by atoms with Crippen molar-refractivity contribution in [1.29, 1.82) is 0 Å². The summed E-state index contributed by atoms with van der Waals surface area (Å²) in [6.45, 7) is 0.265. The van der Waals surface area contributed by atoms with Crippen LogP contribution in [0, 0.1) is 0 Å². The highest BCUT2D eigenvalue weighted by molar-refractivity contribution is 6.34. The maximum absolute atomic E-state index is 11.4.